The zero-order valence-electron chi connectivity index (χ0n) is 16.2. The smallest absolute Gasteiger partial charge is 0.340 e. The van der Waals surface area contributed by atoms with Gasteiger partial charge < -0.3 is 15.0 Å². The normalized spacial score (nSPS) is 11.2. The minimum Gasteiger partial charge on any atom is -0.462 e. The molecule has 0 spiro atoms. The van der Waals surface area contributed by atoms with Gasteiger partial charge in [0, 0.05) is 18.8 Å². The first-order valence-electron chi connectivity index (χ1n) is 8.91. The molecule has 152 valence electrons. The number of esters is 1. The molecule has 1 aromatic heterocycles. The average molecular weight is 407 g/mol. The molecular weight excluding hydrogens is 382 g/mol. The first-order chi connectivity index (χ1) is 13.2. The number of carbonyl (C=O) groups excluding carboxylic acids is 2. The number of ether oxygens (including phenoxy) is 1. The van der Waals surface area contributed by atoms with Gasteiger partial charge in [-0.25, -0.2) is 17.9 Å². The summed E-state index contributed by atoms with van der Waals surface area (Å²) in [7, 11) is -3.54. The van der Waals surface area contributed by atoms with Gasteiger partial charge >= 0.3 is 5.97 Å². The fourth-order valence-corrected chi connectivity index (χ4v) is 3.64. The lowest BCUT2D eigenvalue weighted by molar-refractivity contribution is 0.0525. The van der Waals surface area contributed by atoms with E-state index in [9.17, 15) is 18.0 Å². The number of nitrogens with one attached hydrogen (secondary N) is 3. The van der Waals surface area contributed by atoms with Crippen LogP contribution in [0, 0.1) is 13.8 Å². The summed E-state index contributed by atoms with van der Waals surface area (Å²) in [5, 5.41) is 2.56. The molecule has 28 heavy (non-hydrogen) atoms. The van der Waals surface area contributed by atoms with Crippen molar-refractivity contribution in [2.75, 3.05) is 18.9 Å². The number of benzene rings is 1. The average Bonchev–Trinajstić information content (AvgIpc) is 2.95. The molecule has 0 aliphatic rings. The van der Waals surface area contributed by atoms with Gasteiger partial charge in [0.15, 0.2) is 0 Å². The molecule has 0 fully saturated rings. The lowest BCUT2D eigenvalue weighted by Gasteiger charge is -2.08. The molecule has 2 rings (SSSR count). The van der Waals surface area contributed by atoms with E-state index in [1.165, 1.54) is 0 Å². The van der Waals surface area contributed by atoms with Crippen molar-refractivity contribution in [3.63, 3.8) is 0 Å². The maximum atomic E-state index is 12.4. The zero-order valence-corrected chi connectivity index (χ0v) is 17.0. The van der Waals surface area contributed by atoms with Crippen LogP contribution in [0.2, 0.25) is 0 Å². The number of aryl methyl sites for hydroxylation is 1. The van der Waals surface area contributed by atoms with Crippen molar-refractivity contribution in [2.24, 2.45) is 0 Å². The lowest BCUT2D eigenvalue weighted by atomic mass is 10.1. The SMILES string of the molecule is CCOC(=O)c1c(C)[nH]c(C(=O)NCCS(=O)(=O)NCc2ccccc2)c1C. The molecule has 0 bridgehead atoms. The van der Waals surface area contributed by atoms with Crippen LogP contribution in [0.15, 0.2) is 30.3 Å². The zero-order chi connectivity index (χ0) is 20.7. The molecule has 0 aliphatic heterocycles. The second-order valence-electron chi connectivity index (χ2n) is 6.23. The van der Waals surface area contributed by atoms with Crippen molar-refractivity contribution in [1.82, 2.24) is 15.0 Å². The molecule has 2 aromatic rings. The summed E-state index contributed by atoms with van der Waals surface area (Å²) in [5.74, 6) is -1.23. The molecule has 0 saturated carbocycles. The maximum absolute atomic E-state index is 12.4. The number of rotatable bonds is 9. The predicted molar refractivity (Wildman–Crippen MR) is 106 cm³/mol. The van der Waals surface area contributed by atoms with Crippen molar-refractivity contribution in [3.8, 4) is 0 Å². The summed E-state index contributed by atoms with van der Waals surface area (Å²) in [6, 6.07) is 9.15. The second kappa shape index (κ2) is 9.52. The Balaban J connectivity index is 1.91. The summed E-state index contributed by atoms with van der Waals surface area (Å²) in [6.45, 7) is 5.38. The Morgan fingerprint density at radius 2 is 1.82 bits per heavy atom. The van der Waals surface area contributed by atoms with E-state index < -0.39 is 21.9 Å². The highest BCUT2D eigenvalue weighted by Gasteiger charge is 2.23. The maximum Gasteiger partial charge on any atom is 0.340 e. The molecule has 8 nitrogen and oxygen atoms in total. The van der Waals surface area contributed by atoms with Crippen LogP contribution in [0.4, 0.5) is 0 Å². The Labute approximate surface area is 164 Å². The molecule has 0 saturated heterocycles. The summed E-state index contributed by atoms with van der Waals surface area (Å²) in [6.07, 6.45) is 0. The predicted octanol–water partition coefficient (Wildman–Crippen LogP) is 1.66. The lowest BCUT2D eigenvalue weighted by Crippen LogP contribution is -2.34. The Kier molecular flexibility index (Phi) is 7.36. The van der Waals surface area contributed by atoms with Crippen LogP contribution >= 0.6 is 0 Å². The molecule has 0 unspecified atom stereocenters. The molecule has 9 heteroatoms. The fourth-order valence-electron chi connectivity index (χ4n) is 2.74. The van der Waals surface area contributed by atoms with Crippen LogP contribution in [-0.2, 0) is 21.3 Å². The van der Waals surface area contributed by atoms with Crippen molar-refractivity contribution >= 4 is 21.9 Å². The van der Waals surface area contributed by atoms with E-state index in [1.807, 2.05) is 30.3 Å². The minimum absolute atomic E-state index is 0.0603. The summed E-state index contributed by atoms with van der Waals surface area (Å²) < 4.78 is 31.6. The Morgan fingerprint density at radius 1 is 1.14 bits per heavy atom. The topological polar surface area (TPSA) is 117 Å². The first kappa shape index (κ1) is 21.6. The highest BCUT2D eigenvalue weighted by molar-refractivity contribution is 7.89. The highest BCUT2D eigenvalue weighted by atomic mass is 32.2. The van der Waals surface area contributed by atoms with E-state index in [-0.39, 0.29) is 31.1 Å². The summed E-state index contributed by atoms with van der Waals surface area (Å²) >= 11 is 0. The van der Waals surface area contributed by atoms with Crippen LogP contribution in [0.5, 0.6) is 0 Å². The molecule has 3 N–H and O–H groups in total. The molecular formula is C19H25N3O5S. The Hall–Kier alpha value is -2.65. The van der Waals surface area contributed by atoms with Crippen LogP contribution in [0.3, 0.4) is 0 Å². The second-order valence-corrected chi connectivity index (χ2v) is 8.15. The number of sulfonamides is 1. The monoisotopic (exact) mass is 407 g/mol. The number of hydrogen-bond acceptors (Lipinski definition) is 5. The third-order valence-corrected chi connectivity index (χ3v) is 5.47. The van der Waals surface area contributed by atoms with Gasteiger partial charge in [-0.3, -0.25) is 4.79 Å². The van der Waals surface area contributed by atoms with Crippen LogP contribution in [0.1, 0.15) is 44.6 Å². The highest BCUT2D eigenvalue weighted by Crippen LogP contribution is 2.19. The standard InChI is InChI=1S/C19H25N3O5S/c1-4-27-19(24)16-13(2)17(22-14(16)3)18(23)20-10-11-28(25,26)21-12-15-8-6-5-7-9-15/h5-9,21-22H,4,10-12H2,1-3H3,(H,20,23). The van der Waals surface area contributed by atoms with E-state index in [0.717, 1.165) is 5.56 Å². The van der Waals surface area contributed by atoms with Crippen molar-refractivity contribution in [3.05, 3.63) is 58.4 Å². The third kappa shape index (κ3) is 5.67. The van der Waals surface area contributed by atoms with E-state index >= 15 is 0 Å². The van der Waals surface area contributed by atoms with Crippen LogP contribution in [-0.4, -0.2) is 44.2 Å². The number of amides is 1. The summed E-state index contributed by atoms with van der Waals surface area (Å²) in [5.41, 5.74) is 2.38. The van der Waals surface area contributed by atoms with Gasteiger partial charge in [0.25, 0.3) is 5.91 Å². The van der Waals surface area contributed by atoms with Crippen LogP contribution in [0.25, 0.3) is 0 Å². The van der Waals surface area contributed by atoms with E-state index in [4.69, 9.17) is 4.74 Å². The number of aromatic amines is 1. The Bertz CT molecular complexity index is 936. The number of H-pyrrole nitrogens is 1. The summed E-state index contributed by atoms with van der Waals surface area (Å²) in [4.78, 5) is 27.2. The first-order valence-corrected chi connectivity index (χ1v) is 10.6. The van der Waals surface area contributed by atoms with Crippen molar-refractivity contribution in [1.29, 1.82) is 0 Å². The van der Waals surface area contributed by atoms with Gasteiger partial charge in [-0.05, 0) is 31.9 Å². The van der Waals surface area contributed by atoms with E-state index in [1.54, 1.807) is 20.8 Å². The van der Waals surface area contributed by atoms with Crippen molar-refractivity contribution < 1.29 is 22.7 Å². The number of carbonyl (C=O) groups is 2. The quantitative estimate of drug-likeness (QED) is 0.547. The molecule has 0 atom stereocenters. The largest absolute Gasteiger partial charge is 0.462 e. The molecule has 1 aromatic carbocycles. The number of aromatic nitrogens is 1. The van der Waals surface area contributed by atoms with Gasteiger partial charge in [0.1, 0.15) is 5.69 Å². The minimum atomic E-state index is -3.54. The van der Waals surface area contributed by atoms with Gasteiger partial charge in [-0.2, -0.15) is 0 Å². The van der Waals surface area contributed by atoms with Gasteiger partial charge in [-0.1, -0.05) is 30.3 Å². The van der Waals surface area contributed by atoms with E-state index in [0.29, 0.717) is 16.8 Å². The third-order valence-electron chi connectivity index (χ3n) is 4.14. The van der Waals surface area contributed by atoms with Gasteiger partial charge in [-0.15, -0.1) is 0 Å². The van der Waals surface area contributed by atoms with Gasteiger partial charge in [0.05, 0.1) is 17.9 Å². The van der Waals surface area contributed by atoms with Crippen molar-refractivity contribution in [2.45, 2.75) is 27.3 Å². The molecule has 1 amide bonds. The molecule has 0 radical (unpaired) electrons. The van der Waals surface area contributed by atoms with E-state index in [2.05, 4.69) is 15.0 Å². The van der Waals surface area contributed by atoms with Crippen LogP contribution < -0.4 is 10.0 Å². The molecule has 1 heterocycles. The van der Waals surface area contributed by atoms with Gasteiger partial charge in [0.2, 0.25) is 10.0 Å². The number of hydrogen-bond donors (Lipinski definition) is 3. The Morgan fingerprint density at radius 3 is 2.46 bits per heavy atom. The molecule has 0 aliphatic carbocycles. The fraction of sp³-hybridized carbons (Fsp3) is 0.368.